The highest BCUT2D eigenvalue weighted by Gasteiger charge is 2.56. The molecule has 0 aliphatic carbocycles. The van der Waals surface area contributed by atoms with Crippen LogP contribution in [0.5, 0.6) is 0 Å². The summed E-state index contributed by atoms with van der Waals surface area (Å²) < 4.78 is 5.44. The molecule has 2 amide bonds. The minimum atomic E-state index is -0.810. The standard InChI is InChI=1S/C23H22N2O4S/c1-15-14-30-22-19(24-18(26)12-16-8-4-2-5-9-16)21(27)25(22)20(15)23(28)29-13-17-10-6-3-7-11-17/h2-11,19-20,22H,1,12-14H2,(H,24,26). The average Bonchev–Trinajstić information content (AvgIpc) is 2.77. The first-order valence-electron chi connectivity index (χ1n) is 9.70. The molecular weight excluding hydrogens is 400 g/mol. The van der Waals surface area contributed by atoms with Crippen molar-refractivity contribution in [2.75, 3.05) is 5.75 Å². The van der Waals surface area contributed by atoms with Crippen LogP contribution >= 0.6 is 11.8 Å². The highest BCUT2D eigenvalue weighted by atomic mass is 32.2. The van der Waals surface area contributed by atoms with Crippen LogP contribution < -0.4 is 5.32 Å². The topological polar surface area (TPSA) is 75.7 Å². The molecule has 3 unspecified atom stereocenters. The number of carbonyl (C=O) groups is 3. The number of hydrogen-bond donors (Lipinski definition) is 1. The molecule has 2 aromatic rings. The molecule has 0 radical (unpaired) electrons. The Balaban J connectivity index is 1.37. The first-order chi connectivity index (χ1) is 14.5. The Morgan fingerprint density at radius 3 is 2.37 bits per heavy atom. The summed E-state index contributed by atoms with van der Waals surface area (Å²) in [6.07, 6.45) is 0.206. The van der Waals surface area contributed by atoms with Crippen molar-refractivity contribution in [2.45, 2.75) is 30.5 Å². The molecule has 0 spiro atoms. The Bertz CT molecular complexity index is 964. The molecule has 0 saturated carbocycles. The van der Waals surface area contributed by atoms with Gasteiger partial charge >= 0.3 is 5.97 Å². The van der Waals surface area contributed by atoms with E-state index in [1.807, 2.05) is 60.7 Å². The van der Waals surface area contributed by atoms with E-state index in [1.54, 1.807) is 0 Å². The molecule has 30 heavy (non-hydrogen) atoms. The molecule has 2 fully saturated rings. The Hall–Kier alpha value is -3.06. The molecule has 2 saturated heterocycles. The van der Waals surface area contributed by atoms with Gasteiger partial charge in [-0.15, -0.1) is 11.8 Å². The van der Waals surface area contributed by atoms with Gasteiger partial charge in [-0.25, -0.2) is 4.79 Å². The number of esters is 1. The second-order valence-electron chi connectivity index (χ2n) is 7.31. The van der Waals surface area contributed by atoms with Crippen LogP contribution in [0.25, 0.3) is 0 Å². The van der Waals surface area contributed by atoms with Crippen LogP contribution in [-0.2, 0) is 32.1 Å². The van der Waals surface area contributed by atoms with Gasteiger partial charge in [0.1, 0.15) is 18.0 Å². The molecule has 2 aliphatic rings. The van der Waals surface area contributed by atoms with Gasteiger partial charge < -0.3 is 15.0 Å². The summed E-state index contributed by atoms with van der Waals surface area (Å²) in [5, 5.41) is 2.52. The van der Waals surface area contributed by atoms with Crippen LogP contribution in [0.3, 0.4) is 0 Å². The van der Waals surface area contributed by atoms with Gasteiger partial charge in [0.25, 0.3) is 0 Å². The van der Waals surface area contributed by atoms with Gasteiger partial charge in [0, 0.05) is 5.75 Å². The van der Waals surface area contributed by atoms with Crippen molar-refractivity contribution >= 4 is 29.5 Å². The molecule has 2 aliphatic heterocycles. The maximum atomic E-state index is 12.8. The third-order valence-electron chi connectivity index (χ3n) is 5.16. The molecule has 1 N–H and O–H groups in total. The van der Waals surface area contributed by atoms with Crippen molar-refractivity contribution in [1.29, 1.82) is 0 Å². The van der Waals surface area contributed by atoms with Crippen molar-refractivity contribution in [3.05, 3.63) is 83.9 Å². The van der Waals surface area contributed by atoms with E-state index in [4.69, 9.17) is 4.74 Å². The smallest absolute Gasteiger partial charge is 0.333 e. The number of rotatable bonds is 6. The van der Waals surface area contributed by atoms with E-state index in [9.17, 15) is 14.4 Å². The molecular formula is C23H22N2O4S. The number of carbonyl (C=O) groups excluding carboxylic acids is 3. The molecule has 154 valence electrons. The monoisotopic (exact) mass is 422 g/mol. The van der Waals surface area contributed by atoms with E-state index in [0.29, 0.717) is 11.3 Å². The zero-order valence-electron chi connectivity index (χ0n) is 16.3. The maximum Gasteiger partial charge on any atom is 0.333 e. The van der Waals surface area contributed by atoms with E-state index in [0.717, 1.165) is 11.1 Å². The van der Waals surface area contributed by atoms with Crippen molar-refractivity contribution in [3.8, 4) is 0 Å². The van der Waals surface area contributed by atoms with Crippen LogP contribution in [0.2, 0.25) is 0 Å². The second-order valence-corrected chi connectivity index (χ2v) is 8.41. The van der Waals surface area contributed by atoms with Gasteiger partial charge in [-0.1, -0.05) is 67.2 Å². The van der Waals surface area contributed by atoms with Gasteiger partial charge in [0.05, 0.1) is 6.42 Å². The molecule has 0 aromatic heterocycles. The number of nitrogens with one attached hydrogen (secondary N) is 1. The van der Waals surface area contributed by atoms with Crippen molar-refractivity contribution < 1.29 is 19.1 Å². The highest BCUT2D eigenvalue weighted by Crippen LogP contribution is 2.40. The van der Waals surface area contributed by atoms with Crippen molar-refractivity contribution in [2.24, 2.45) is 0 Å². The van der Waals surface area contributed by atoms with Crippen molar-refractivity contribution in [3.63, 3.8) is 0 Å². The van der Waals surface area contributed by atoms with Crippen LogP contribution in [-0.4, -0.2) is 45.9 Å². The SMILES string of the molecule is C=C1CSC2C(NC(=O)Cc3ccccc3)C(=O)N2C1C(=O)OCc1ccccc1. The van der Waals surface area contributed by atoms with Crippen LogP contribution in [0.4, 0.5) is 0 Å². The summed E-state index contributed by atoms with van der Waals surface area (Å²) in [6.45, 7) is 4.10. The first-order valence-corrected chi connectivity index (χ1v) is 10.7. The third-order valence-corrected chi connectivity index (χ3v) is 6.53. The summed E-state index contributed by atoms with van der Waals surface area (Å²) in [4.78, 5) is 39.3. The lowest BCUT2D eigenvalue weighted by molar-refractivity contribution is -0.164. The zero-order valence-corrected chi connectivity index (χ0v) is 17.1. The molecule has 6 nitrogen and oxygen atoms in total. The predicted octanol–water partition coefficient (Wildman–Crippen LogP) is 2.30. The maximum absolute atomic E-state index is 12.8. The Morgan fingerprint density at radius 1 is 1.07 bits per heavy atom. The van der Waals surface area contributed by atoms with E-state index < -0.39 is 18.1 Å². The van der Waals surface area contributed by atoms with E-state index in [1.165, 1.54) is 16.7 Å². The number of amides is 2. The number of hydrogen-bond acceptors (Lipinski definition) is 5. The van der Waals surface area contributed by atoms with Gasteiger partial charge in [0.2, 0.25) is 11.8 Å². The Morgan fingerprint density at radius 2 is 1.70 bits per heavy atom. The highest BCUT2D eigenvalue weighted by molar-refractivity contribution is 8.00. The molecule has 3 atom stereocenters. The molecule has 4 rings (SSSR count). The van der Waals surface area contributed by atoms with Gasteiger partial charge in [-0.2, -0.15) is 0 Å². The Kier molecular flexibility index (Phi) is 5.90. The lowest BCUT2D eigenvalue weighted by Gasteiger charge is -2.52. The summed E-state index contributed by atoms with van der Waals surface area (Å²) in [6, 6.07) is 17.3. The predicted molar refractivity (Wildman–Crippen MR) is 114 cm³/mol. The summed E-state index contributed by atoms with van der Waals surface area (Å²) >= 11 is 1.50. The van der Waals surface area contributed by atoms with Crippen LogP contribution in [0.1, 0.15) is 11.1 Å². The minimum absolute atomic E-state index is 0.139. The van der Waals surface area contributed by atoms with Crippen molar-refractivity contribution in [1.82, 2.24) is 10.2 Å². The van der Waals surface area contributed by atoms with E-state index >= 15 is 0 Å². The number of fused-ring (bicyclic) bond motifs is 1. The molecule has 0 bridgehead atoms. The Labute approximate surface area is 179 Å². The molecule has 2 aromatic carbocycles. The number of nitrogens with zero attached hydrogens (tertiary/aromatic N) is 1. The van der Waals surface area contributed by atoms with Gasteiger partial charge in [-0.3, -0.25) is 9.59 Å². The van der Waals surface area contributed by atoms with Gasteiger partial charge in [0.15, 0.2) is 6.04 Å². The fourth-order valence-electron chi connectivity index (χ4n) is 3.63. The molecule has 7 heteroatoms. The number of β-lactam (4-membered cyclic amide) rings is 1. The summed E-state index contributed by atoms with van der Waals surface area (Å²) in [5.74, 6) is -0.453. The average molecular weight is 423 g/mol. The molecule has 2 heterocycles. The first kappa shape index (κ1) is 20.2. The number of thioether (sulfide) groups is 1. The largest absolute Gasteiger partial charge is 0.459 e. The third kappa shape index (κ3) is 4.11. The number of ether oxygens (including phenoxy) is 1. The van der Waals surface area contributed by atoms with Crippen LogP contribution in [0, 0.1) is 0 Å². The lowest BCUT2D eigenvalue weighted by atomic mass is 9.98. The second kappa shape index (κ2) is 8.75. The fourth-order valence-corrected chi connectivity index (χ4v) is 4.94. The van der Waals surface area contributed by atoms with E-state index in [2.05, 4.69) is 11.9 Å². The fraction of sp³-hybridized carbons (Fsp3) is 0.261. The summed E-state index contributed by atoms with van der Waals surface area (Å²) in [7, 11) is 0. The minimum Gasteiger partial charge on any atom is -0.459 e. The number of benzene rings is 2. The zero-order chi connectivity index (χ0) is 21.1. The van der Waals surface area contributed by atoms with Crippen LogP contribution in [0.15, 0.2) is 72.8 Å². The lowest BCUT2D eigenvalue weighted by Crippen LogP contribution is -2.74. The van der Waals surface area contributed by atoms with Gasteiger partial charge in [-0.05, 0) is 16.7 Å². The summed E-state index contributed by atoms with van der Waals surface area (Å²) in [5.41, 5.74) is 2.39. The van der Waals surface area contributed by atoms with E-state index in [-0.39, 0.29) is 30.2 Å². The quantitative estimate of drug-likeness (QED) is 0.439. The normalized spacial score (nSPS) is 22.7.